The predicted molar refractivity (Wildman–Crippen MR) is 97.7 cm³/mol. The van der Waals surface area contributed by atoms with Crippen molar-refractivity contribution >= 4 is 22.5 Å². The Morgan fingerprint density at radius 1 is 1.44 bits per heavy atom. The van der Waals surface area contributed by atoms with E-state index in [1.54, 1.807) is 23.1 Å². The number of phenols is 1. The van der Waals surface area contributed by atoms with E-state index in [4.69, 9.17) is 4.98 Å². The van der Waals surface area contributed by atoms with E-state index < -0.39 is 0 Å². The van der Waals surface area contributed by atoms with Crippen LogP contribution in [0.4, 0.5) is 0 Å². The smallest absolute Gasteiger partial charge is 0.256 e. The van der Waals surface area contributed by atoms with Crippen LogP contribution in [0.5, 0.6) is 5.75 Å². The van der Waals surface area contributed by atoms with Crippen molar-refractivity contribution in [2.75, 3.05) is 6.61 Å². The first kappa shape index (κ1) is 16.9. The Labute approximate surface area is 146 Å². The van der Waals surface area contributed by atoms with Crippen LogP contribution in [0, 0.1) is 0 Å². The van der Waals surface area contributed by atoms with Gasteiger partial charge in [0.1, 0.15) is 5.75 Å². The highest BCUT2D eigenvalue weighted by molar-refractivity contribution is 6.00. The van der Waals surface area contributed by atoms with Gasteiger partial charge >= 0.3 is 0 Å². The van der Waals surface area contributed by atoms with Crippen LogP contribution in [-0.2, 0) is 17.8 Å². The first-order valence-electron chi connectivity index (χ1n) is 8.04. The van der Waals surface area contributed by atoms with Gasteiger partial charge in [-0.15, -0.1) is 6.58 Å². The number of aliphatic hydroxyl groups excluding tert-OH is 1. The molecule has 1 aliphatic rings. The van der Waals surface area contributed by atoms with Crippen LogP contribution in [0.3, 0.4) is 0 Å². The van der Waals surface area contributed by atoms with Crippen LogP contribution >= 0.6 is 0 Å². The summed E-state index contributed by atoms with van der Waals surface area (Å²) < 4.78 is 0. The van der Waals surface area contributed by atoms with Crippen LogP contribution in [0.1, 0.15) is 23.7 Å². The maximum absolute atomic E-state index is 12.5. The molecule has 0 saturated heterocycles. The minimum atomic E-state index is -0.380. The monoisotopic (exact) mass is 336 g/mol. The fourth-order valence-corrected chi connectivity index (χ4v) is 3.15. The topological polar surface area (TPSA) is 73.7 Å². The van der Waals surface area contributed by atoms with Crippen molar-refractivity contribution in [1.29, 1.82) is 0 Å². The summed E-state index contributed by atoms with van der Waals surface area (Å²) in [4.78, 5) is 18.8. The molecule has 5 heteroatoms. The van der Waals surface area contributed by atoms with E-state index >= 15 is 0 Å². The molecule has 25 heavy (non-hydrogen) atoms. The number of allylic oxidation sites excluding steroid dienone is 2. The molecule has 0 spiro atoms. The van der Waals surface area contributed by atoms with E-state index in [1.165, 1.54) is 0 Å². The van der Waals surface area contributed by atoms with Gasteiger partial charge < -0.3 is 15.1 Å². The van der Waals surface area contributed by atoms with Crippen LogP contribution in [0.25, 0.3) is 16.6 Å². The summed E-state index contributed by atoms with van der Waals surface area (Å²) in [7, 11) is 0. The van der Waals surface area contributed by atoms with Gasteiger partial charge in [0, 0.05) is 22.1 Å². The fourth-order valence-electron chi connectivity index (χ4n) is 3.15. The molecule has 0 saturated carbocycles. The lowest BCUT2D eigenvalue weighted by Gasteiger charge is -2.18. The quantitative estimate of drug-likeness (QED) is 0.665. The molecule has 0 radical (unpaired) electrons. The molecular formula is C20H20N2O3. The van der Waals surface area contributed by atoms with Gasteiger partial charge in [0.15, 0.2) is 0 Å². The molecule has 3 rings (SSSR count). The molecular weight excluding hydrogens is 316 g/mol. The molecule has 1 amide bonds. The molecule has 2 aromatic rings. The number of aromatic nitrogens is 1. The minimum absolute atomic E-state index is 0.140. The Morgan fingerprint density at radius 3 is 2.84 bits per heavy atom. The highest BCUT2D eigenvalue weighted by Gasteiger charge is 2.31. The summed E-state index contributed by atoms with van der Waals surface area (Å²) >= 11 is 0. The summed E-state index contributed by atoms with van der Waals surface area (Å²) in [6, 6.07) is 5.36. The van der Waals surface area contributed by atoms with Crippen LogP contribution < -0.4 is 0 Å². The number of carbonyl (C=O) groups excluding carboxylic acids is 1. The number of aliphatic hydroxyl groups is 1. The van der Waals surface area contributed by atoms with Crippen molar-refractivity contribution in [3.05, 3.63) is 65.9 Å². The zero-order chi connectivity index (χ0) is 18.1. The molecule has 1 aromatic heterocycles. The zero-order valence-corrected chi connectivity index (χ0v) is 14.1. The predicted octanol–water partition coefficient (Wildman–Crippen LogP) is 2.92. The molecule has 0 unspecified atom stereocenters. The van der Waals surface area contributed by atoms with E-state index in [9.17, 15) is 15.0 Å². The van der Waals surface area contributed by atoms with Crippen LogP contribution in [0.2, 0.25) is 0 Å². The second-order valence-corrected chi connectivity index (χ2v) is 5.95. The van der Waals surface area contributed by atoms with Crippen molar-refractivity contribution < 1.29 is 15.0 Å². The average Bonchev–Trinajstić information content (AvgIpc) is 2.98. The Hall–Kier alpha value is -2.92. The molecule has 128 valence electrons. The molecule has 0 fully saturated rings. The van der Waals surface area contributed by atoms with Gasteiger partial charge in [0.2, 0.25) is 0 Å². The standard InChI is InChI=1S/C20H20N2O3/c1-4-6-14-15-9-13-10-22(20(25)12(3)11-23)17(5-2)19(13)21-16(15)7-8-18(14)24/h4-5,7-9,23-24H,1,3,6,10-11H2,2H3/b17-5-. The number of hydrogen-bond donors (Lipinski definition) is 2. The number of phenolic OH excluding ortho intramolecular Hbond substituents is 1. The van der Waals surface area contributed by atoms with E-state index in [2.05, 4.69) is 13.2 Å². The van der Waals surface area contributed by atoms with Crippen molar-refractivity contribution in [1.82, 2.24) is 9.88 Å². The van der Waals surface area contributed by atoms with Crippen molar-refractivity contribution in [2.45, 2.75) is 19.9 Å². The minimum Gasteiger partial charge on any atom is -0.508 e. The van der Waals surface area contributed by atoms with Crippen LogP contribution in [-0.4, -0.2) is 32.6 Å². The summed E-state index contributed by atoms with van der Waals surface area (Å²) in [5.74, 6) is -0.105. The number of aromatic hydroxyl groups is 1. The molecule has 2 heterocycles. The normalized spacial score (nSPS) is 14.8. The zero-order valence-electron chi connectivity index (χ0n) is 14.1. The van der Waals surface area contributed by atoms with Crippen LogP contribution in [0.15, 0.2) is 49.1 Å². The highest BCUT2D eigenvalue weighted by Crippen LogP contribution is 2.36. The lowest BCUT2D eigenvalue weighted by Crippen LogP contribution is -2.27. The number of amides is 1. The lowest BCUT2D eigenvalue weighted by molar-refractivity contribution is -0.124. The van der Waals surface area contributed by atoms with E-state index in [0.29, 0.717) is 18.7 Å². The Morgan fingerprint density at radius 2 is 2.20 bits per heavy atom. The maximum Gasteiger partial charge on any atom is 0.256 e. The van der Waals surface area contributed by atoms with Gasteiger partial charge in [-0.1, -0.05) is 18.7 Å². The largest absolute Gasteiger partial charge is 0.508 e. The summed E-state index contributed by atoms with van der Waals surface area (Å²) in [5, 5.41) is 20.2. The van der Waals surface area contributed by atoms with Gasteiger partial charge in [-0.2, -0.15) is 0 Å². The number of nitrogens with zero attached hydrogens (tertiary/aromatic N) is 2. The van der Waals surface area contributed by atoms with Gasteiger partial charge in [0.05, 0.1) is 30.1 Å². The third-order valence-corrected chi connectivity index (χ3v) is 4.39. The molecule has 0 atom stereocenters. The van der Waals surface area contributed by atoms with Gasteiger partial charge in [-0.25, -0.2) is 4.98 Å². The van der Waals surface area contributed by atoms with E-state index in [-0.39, 0.29) is 23.8 Å². The summed E-state index contributed by atoms with van der Waals surface area (Å²) in [5.41, 5.74) is 4.01. The number of pyridine rings is 1. The first-order chi connectivity index (χ1) is 12.0. The first-order valence-corrected chi connectivity index (χ1v) is 8.04. The number of carbonyl (C=O) groups is 1. The van der Waals surface area contributed by atoms with Gasteiger partial charge in [-0.3, -0.25) is 4.79 Å². The summed E-state index contributed by atoms with van der Waals surface area (Å²) in [6.45, 7) is 9.19. The number of hydrogen-bond acceptors (Lipinski definition) is 4. The highest BCUT2D eigenvalue weighted by atomic mass is 16.3. The Balaban J connectivity index is 2.15. The van der Waals surface area contributed by atoms with Crippen molar-refractivity contribution in [3.8, 4) is 5.75 Å². The van der Waals surface area contributed by atoms with Crippen molar-refractivity contribution in [3.63, 3.8) is 0 Å². The summed E-state index contributed by atoms with van der Waals surface area (Å²) in [6.07, 6.45) is 4.10. The van der Waals surface area contributed by atoms with E-state index in [0.717, 1.165) is 27.7 Å². The molecule has 5 nitrogen and oxygen atoms in total. The SMILES string of the molecule is C=CCc1c(O)ccc2nc3c(cc12)CN(C(=O)C(=C)CO)/C3=C\C. The third-order valence-electron chi connectivity index (χ3n) is 4.39. The fraction of sp³-hybridized carbons (Fsp3) is 0.200. The Bertz CT molecular complexity index is 928. The number of rotatable bonds is 4. The number of benzene rings is 1. The van der Waals surface area contributed by atoms with Gasteiger partial charge in [-0.05, 0) is 31.5 Å². The molecule has 0 aliphatic carbocycles. The maximum atomic E-state index is 12.5. The van der Waals surface area contributed by atoms with Crippen molar-refractivity contribution in [2.24, 2.45) is 0 Å². The molecule has 0 bridgehead atoms. The third kappa shape index (κ3) is 2.72. The van der Waals surface area contributed by atoms with E-state index in [1.807, 2.05) is 19.1 Å². The lowest BCUT2D eigenvalue weighted by atomic mass is 10.0. The molecule has 1 aliphatic heterocycles. The number of fused-ring (bicyclic) bond motifs is 2. The molecule has 2 N–H and O–H groups in total. The second kappa shape index (κ2) is 6.53. The molecule has 1 aromatic carbocycles. The Kier molecular flexibility index (Phi) is 4.42. The second-order valence-electron chi connectivity index (χ2n) is 5.95. The average molecular weight is 336 g/mol. The van der Waals surface area contributed by atoms with Gasteiger partial charge in [0.25, 0.3) is 5.91 Å².